The van der Waals surface area contributed by atoms with E-state index >= 15 is 0 Å². The zero-order chi connectivity index (χ0) is 13.7. The average molecular weight is 261 g/mol. The van der Waals surface area contributed by atoms with Crippen molar-refractivity contribution in [3.8, 4) is 11.5 Å². The minimum atomic E-state index is -0.0993. The molecule has 0 bridgehead atoms. The topological polar surface area (TPSA) is 81.2 Å². The van der Waals surface area contributed by atoms with Crippen LogP contribution in [0.15, 0.2) is 30.6 Å². The van der Waals surface area contributed by atoms with Crippen LogP contribution in [0.1, 0.15) is 30.8 Å². The van der Waals surface area contributed by atoms with Gasteiger partial charge in [0.15, 0.2) is 0 Å². The van der Waals surface area contributed by atoms with E-state index in [4.69, 9.17) is 0 Å². The van der Waals surface area contributed by atoms with Crippen LogP contribution in [-0.2, 0) is 6.42 Å². The number of hydrogen-bond acceptors (Lipinski definition) is 4. The van der Waals surface area contributed by atoms with Crippen molar-refractivity contribution in [1.82, 2.24) is 15.3 Å². The summed E-state index contributed by atoms with van der Waals surface area (Å²) in [6.07, 6.45) is 5.36. The molecule has 102 valence electrons. The minimum absolute atomic E-state index is 0.0993. The highest BCUT2D eigenvalue weighted by Gasteiger charge is 2.13. The second-order valence-electron chi connectivity index (χ2n) is 4.53. The molecule has 5 nitrogen and oxygen atoms in total. The normalized spacial score (nSPS) is 12.5. The van der Waals surface area contributed by atoms with E-state index in [1.807, 2.05) is 13.1 Å². The first-order valence-corrected chi connectivity index (χ1v) is 6.41. The lowest BCUT2D eigenvalue weighted by Crippen LogP contribution is -2.20. The van der Waals surface area contributed by atoms with Gasteiger partial charge in [-0.05, 0) is 32.0 Å². The Balaban J connectivity index is 1.82. The number of phenols is 2. The molecule has 0 fully saturated rings. The van der Waals surface area contributed by atoms with Crippen molar-refractivity contribution in [1.29, 1.82) is 0 Å². The maximum atomic E-state index is 9.75. The average Bonchev–Trinajstić information content (AvgIpc) is 2.87. The van der Waals surface area contributed by atoms with Crippen LogP contribution in [0.2, 0.25) is 0 Å². The number of hydrogen-bond donors (Lipinski definition) is 4. The molecule has 0 aliphatic carbocycles. The highest BCUT2D eigenvalue weighted by Crippen LogP contribution is 2.31. The standard InChI is InChI=1S/C14H19N3O2/c1-10(14-11(18)4-2-5-12(14)19)15-7-3-6-13-16-8-9-17-13/h2,4-5,8-10,15,18-19H,3,6-7H2,1H3,(H,16,17). The number of rotatable bonds is 6. The molecule has 4 N–H and O–H groups in total. The van der Waals surface area contributed by atoms with Crippen molar-refractivity contribution in [3.63, 3.8) is 0 Å². The SMILES string of the molecule is CC(NCCCc1ncc[nH]1)c1c(O)cccc1O. The Morgan fingerprint density at radius 3 is 2.68 bits per heavy atom. The Labute approximate surface area is 112 Å². The lowest BCUT2D eigenvalue weighted by Gasteiger charge is -2.16. The third kappa shape index (κ3) is 3.48. The number of benzene rings is 1. The monoisotopic (exact) mass is 261 g/mol. The molecule has 2 rings (SSSR count). The number of H-pyrrole nitrogens is 1. The van der Waals surface area contributed by atoms with Gasteiger partial charge in [-0.15, -0.1) is 0 Å². The molecule has 1 aromatic heterocycles. The zero-order valence-corrected chi connectivity index (χ0v) is 10.9. The van der Waals surface area contributed by atoms with Crippen molar-refractivity contribution in [2.75, 3.05) is 6.54 Å². The quantitative estimate of drug-likeness (QED) is 0.600. The molecule has 0 amide bonds. The van der Waals surface area contributed by atoms with Crippen molar-refractivity contribution in [2.24, 2.45) is 0 Å². The number of aromatic amines is 1. The molecule has 0 aliphatic rings. The molecule has 5 heteroatoms. The van der Waals surface area contributed by atoms with E-state index in [0.29, 0.717) is 5.56 Å². The second-order valence-corrected chi connectivity index (χ2v) is 4.53. The van der Waals surface area contributed by atoms with E-state index in [2.05, 4.69) is 15.3 Å². The number of imidazole rings is 1. The molecule has 1 unspecified atom stereocenters. The smallest absolute Gasteiger partial charge is 0.124 e. The largest absolute Gasteiger partial charge is 0.507 e. The van der Waals surface area contributed by atoms with Crippen LogP contribution in [-0.4, -0.2) is 26.7 Å². The number of aromatic nitrogens is 2. The molecule has 0 spiro atoms. The van der Waals surface area contributed by atoms with E-state index in [1.165, 1.54) is 0 Å². The molecule has 1 aromatic carbocycles. The van der Waals surface area contributed by atoms with E-state index in [9.17, 15) is 10.2 Å². The van der Waals surface area contributed by atoms with Crippen molar-refractivity contribution in [3.05, 3.63) is 42.0 Å². The zero-order valence-electron chi connectivity index (χ0n) is 10.9. The predicted octanol–water partition coefficient (Wildman–Crippen LogP) is 2.10. The summed E-state index contributed by atoms with van der Waals surface area (Å²) in [5.41, 5.74) is 0.542. The van der Waals surface area contributed by atoms with E-state index in [0.717, 1.165) is 25.2 Å². The predicted molar refractivity (Wildman–Crippen MR) is 73.1 cm³/mol. The summed E-state index contributed by atoms with van der Waals surface area (Å²) in [5.74, 6) is 1.21. The first-order chi connectivity index (χ1) is 9.18. The van der Waals surface area contributed by atoms with Gasteiger partial charge in [-0.3, -0.25) is 0 Å². The first kappa shape index (κ1) is 13.4. The third-order valence-corrected chi connectivity index (χ3v) is 3.09. The maximum Gasteiger partial charge on any atom is 0.124 e. The van der Waals surface area contributed by atoms with Gasteiger partial charge in [-0.25, -0.2) is 4.98 Å². The van der Waals surface area contributed by atoms with Gasteiger partial charge in [0, 0.05) is 24.9 Å². The van der Waals surface area contributed by atoms with Crippen molar-refractivity contribution < 1.29 is 10.2 Å². The van der Waals surface area contributed by atoms with E-state index in [1.54, 1.807) is 24.4 Å². The van der Waals surface area contributed by atoms with Gasteiger partial charge in [-0.2, -0.15) is 0 Å². The molecule has 0 saturated carbocycles. The van der Waals surface area contributed by atoms with E-state index < -0.39 is 0 Å². The van der Waals surface area contributed by atoms with Crippen LogP contribution in [0.3, 0.4) is 0 Å². The van der Waals surface area contributed by atoms with Gasteiger partial charge in [0.2, 0.25) is 0 Å². The van der Waals surface area contributed by atoms with Gasteiger partial charge >= 0.3 is 0 Å². The van der Waals surface area contributed by atoms with Crippen LogP contribution < -0.4 is 5.32 Å². The van der Waals surface area contributed by atoms with Gasteiger partial charge in [0.05, 0.1) is 5.56 Å². The van der Waals surface area contributed by atoms with Gasteiger partial charge < -0.3 is 20.5 Å². The molecular formula is C14H19N3O2. The molecule has 0 radical (unpaired) electrons. The molecule has 19 heavy (non-hydrogen) atoms. The highest BCUT2D eigenvalue weighted by molar-refractivity contribution is 5.44. The van der Waals surface area contributed by atoms with E-state index in [-0.39, 0.29) is 17.5 Å². The molecule has 2 aromatic rings. The molecular weight excluding hydrogens is 242 g/mol. The number of aromatic hydroxyl groups is 2. The number of nitrogens with zero attached hydrogens (tertiary/aromatic N) is 1. The van der Waals surface area contributed by atoms with Crippen molar-refractivity contribution in [2.45, 2.75) is 25.8 Å². The Hall–Kier alpha value is -2.01. The van der Waals surface area contributed by atoms with Gasteiger partial charge in [-0.1, -0.05) is 6.07 Å². The van der Waals surface area contributed by atoms with Crippen LogP contribution in [0.5, 0.6) is 11.5 Å². The lowest BCUT2D eigenvalue weighted by atomic mass is 10.1. The van der Waals surface area contributed by atoms with Crippen LogP contribution in [0.4, 0.5) is 0 Å². The molecule has 0 aliphatic heterocycles. The third-order valence-electron chi connectivity index (χ3n) is 3.09. The molecule has 0 saturated heterocycles. The second kappa shape index (κ2) is 6.24. The number of phenolic OH excluding ortho intramolecular Hbond substituents is 2. The van der Waals surface area contributed by atoms with Gasteiger partial charge in [0.25, 0.3) is 0 Å². The fraction of sp³-hybridized carbons (Fsp3) is 0.357. The summed E-state index contributed by atoms with van der Waals surface area (Å²) in [4.78, 5) is 7.21. The Bertz CT molecular complexity index is 491. The van der Waals surface area contributed by atoms with Crippen LogP contribution >= 0.6 is 0 Å². The summed E-state index contributed by atoms with van der Waals surface area (Å²) in [7, 11) is 0. The fourth-order valence-electron chi connectivity index (χ4n) is 2.10. The highest BCUT2D eigenvalue weighted by atomic mass is 16.3. The summed E-state index contributed by atoms with van der Waals surface area (Å²) < 4.78 is 0. The Kier molecular flexibility index (Phi) is 4.41. The number of nitrogens with one attached hydrogen (secondary N) is 2. The van der Waals surface area contributed by atoms with Crippen LogP contribution in [0.25, 0.3) is 0 Å². The minimum Gasteiger partial charge on any atom is -0.507 e. The van der Waals surface area contributed by atoms with Crippen LogP contribution in [0, 0.1) is 0 Å². The summed E-state index contributed by atoms with van der Waals surface area (Å²) in [6.45, 7) is 2.71. The summed E-state index contributed by atoms with van der Waals surface area (Å²) in [5, 5.41) is 22.8. The summed E-state index contributed by atoms with van der Waals surface area (Å²) in [6, 6.07) is 4.68. The number of aryl methyl sites for hydroxylation is 1. The Morgan fingerprint density at radius 2 is 2.05 bits per heavy atom. The van der Waals surface area contributed by atoms with Gasteiger partial charge in [0.1, 0.15) is 17.3 Å². The summed E-state index contributed by atoms with van der Waals surface area (Å²) >= 11 is 0. The maximum absolute atomic E-state index is 9.75. The molecule has 1 heterocycles. The first-order valence-electron chi connectivity index (χ1n) is 6.41. The lowest BCUT2D eigenvalue weighted by molar-refractivity contribution is 0.418. The fourth-order valence-corrected chi connectivity index (χ4v) is 2.10. The van der Waals surface area contributed by atoms with Crippen molar-refractivity contribution >= 4 is 0 Å². The molecule has 1 atom stereocenters. The Morgan fingerprint density at radius 1 is 1.32 bits per heavy atom.